The molecule has 0 radical (unpaired) electrons. The van der Waals surface area contributed by atoms with E-state index in [1.807, 2.05) is 45.9 Å². The van der Waals surface area contributed by atoms with E-state index in [0.29, 0.717) is 29.8 Å². The lowest BCUT2D eigenvalue weighted by Gasteiger charge is -2.23. The summed E-state index contributed by atoms with van der Waals surface area (Å²) < 4.78 is 0. The standard InChI is InChI=1S/C23H28N2O3/c1-6-25(7-2)21(26)15-24(5)23(28)19-11-9-8-10-18(19)22(27)20-14-16(3)12-13-17(20)4/h8-14H,6-7,15H2,1-5H3. The Morgan fingerprint density at radius 1 is 0.857 bits per heavy atom. The van der Waals surface area contributed by atoms with E-state index in [9.17, 15) is 14.4 Å². The van der Waals surface area contributed by atoms with Gasteiger partial charge >= 0.3 is 0 Å². The largest absolute Gasteiger partial charge is 0.342 e. The zero-order chi connectivity index (χ0) is 20.8. The second-order valence-corrected chi connectivity index (χ2v) is 6.92. The lowest BCUT2D eigenvalue weighted by Crippen LogP contribution is -2.41. The molecule has 0 spiro atoms. The number of benzene rings is 2. The summed E-state index contributed by atoms with van der Waals surface area (Å²) in [6.07, 6.45) is 0. The molecule has 2 rings (SSSR count). The zero-order valence-electron chi connectivity index (χ0n) is 17.3. The van der Waals surface area contributed by atoms with Crippen molar-refractivity contribution in [1.82, 2.24) is 9.80 Å². The normalized spacial score (nSPS) is 10.5. The van der Waals surface area contributed by atoms with Crippen molar-refractivity contribution in [2.24, 2.45) is 0 Å². The van der Waals surface area contributed by atoms with Crippen molar-refractivity contribution in [2.45, 2.75) is 27.7 Å². The number of hydrogen-bond acceptors (Lipinski definition) is 3. The van der Waals surface area contributed by atoms with Crippen LogP contribution in [-0.4, -0.2) is 54.1 Å². The number of amides is 2. The molecule has 0 fully saturated rings. The molecule has 0 aliphatic heterocycles. The first-order chi connectivity index (χ1) is 13.3. The second kappa shape index (κ2) is 9.31. The maximum atomic E-state index is 13.1. The average Bonchev–Trinajstić information content (AvgIpc) is 2.69. The number of rotatable bonds is 7. The van der Waals surface area contributed by atoms with Crippen LogP contribution in [-0.2, 0) is 4.79 Å². The van der Waals surface area contributed by atoms with Crippen molar-refractivity contribution >= 4 is 17.6 Å². The lowest BCUT2D eigenvalue weighted by molar-refractivity contribution is -0.131. The minimum Gasteiger partial charge on any atom is -0.342 e. The first-order valence-corrected chi connectivity index (χ1v) is 9.54. The van der Waals surface area contributed by atoms with Gasteiger partial charge in [0, 0.05) is 31.3 Å². The van der Waals surface area contributed by atoms with Gasteiger partial charge in [-0.1, -0.05) is 35.9 Å². The molecule has 2 aromatic carbocycles. The van der Waals surface area contributed by atoms with Crippen LogP contribution >= 0.6 is 0 Å². The Hall–Kier alpha value is -2.95. The van der Waals surface area contributed by atoms with Crippen LogP contribution < -0.4 is 0 Å². The van der Waals surface area contributed by atoms with E-state index in [1.165, 1.54) is 4.90 Å². The summed E-state index contributed by atoms with van der Waals surface area (Å²) in [6.45, 7) is 8.79. The Morgan fingerprint density at radius 3 is 2.07 bits per heavy atom. The van der Waals surface area contributed by atoms with Crippen molar-refractivity contribution in [3.8, 4) is 0 Å². The predicted molar refractivity (Wildman–Crippen MR) is 111 cm³/mol. The summed E-state index contributed by atoms with van der Waals surface area (Å²) in [5.74, 6) is -0.637. The molecule has 28 heavy (non-hydrogen) atoms. The number of carbonyl (C=O) groups excluding carboxylic acids is 3. The van der Waals surface area contributed by atoms with Crippen LogP contribution in [0.2, 0.25) is 0 Å². The summed E-state index contributed by atoms with van der Waals surface area (Å²) in [4.78, 5) is 41.5. The zero-order valence-corrected chi connectivity index (χ0v) is 17.3. The van der Waals surface area contributed by atoms with Gasteiger partial charge in [0.05, 0.1) is 12.1 Å². The van der Waals surface area contributed by atoms with Gasteiger partial charge < -0.3 is 9.80 Å². The van der Waals surface area contributed by atoms with Crippen molar-refractivity contribution in [1.29, 1.82) is 0 Å². The predicted octanol–water partition coefficient (Wildman–Crippen LogP) is 3.47. The molecule has 0 unspecified atom stereocenters. The van der Waals surface area contributed by atoms with E-state index < -0.39 is 0 Å². The highest BCUT2D eigenvalue weighted by molar-refractivity contribution is 6.16. The highest BCUT2D eigenvalue weighted by Crippen LogP contribution is 2.20. The Labute approximate surface area is 167 Å². The molecule has 0 saturated heterocycles. The molecule has 0 aliphatic rings. The monoisotopic (exact) mass is 380 g/mol. The molecular formula is C23H28N2O3. The third kappa shape index (κ3) is 4.66. The van der Waals surface area contributed by atoms with Crippen molar-refractivity contribution in [3.05, 3.63) is 70.3 Å². The van der Waals surface area contributed by atoms with Gasteiger partial charge in [0.2, 0.25) is 5.91 Å². The first kappa shape index (κ1) is 21.4. The minimum absolute atomic E-state index is 0.0213. The van der Waals surface area contributed by atoms with Gasteiger partial charge in [-0.25, -0.2) is 0 Å². The van der Waals surface area contributed by atoms with Crippen LogP contribution in [0.25, 0.3) is 0 Å². The molecule has 148 valence electrons. The summed E-state index contributed by atoms with van der Waals surface area (Å²) in [5.41, 5.74) is 3.09. The number of aryl methyl sites for hydroxylation is 2. The molecular weight excluding hydrogens is 352 g/mol. The summed E-state index contributed by atoms with van der Waals surface area (Å²) in [6, 6.07) is 12.5. The maximum absolute atomic E-state index is 13.1. The quantitative estimate of drug-likeness (QED) is 0.691. The fourth-order valence-corrected chi connectivity index (χ4v) is 3.15. The molecule has 0 heterocycles. The second-order valence-electron chi connectivity index (χ2n) is 6.92. The number of likely N-dealkylation sites (N-methyl/N-ethyl adjacent to an activating group) is 2. The van der Waals surface area contributed by atoms with Gasteiger partial charge in [-0.15, -0.1) is 0 Å². The molecule has 0 bridgehead atoms. The molecule has 0 saturated carbocycles. The fourth-order valence-electron chi connectivity index (χ4n) is 3.15. The molecule has 0 atom stereocenters. The average molecular weight is 380 g/mol. The Balaban J connectivity index is 2.32. The third-order valence-corrected chi connectivity index (χ3v) is 4.88. The van der Waals surface area contributed by atoms with E-state index in [2.05, 4.69) is 0 Å². The minimum atomic E-state index is -0.338. The van der Waals surface area contributed by atoms with E-state index in [0.717, 1.165) is 11.1 Å². The smallest absolute Gasteiger partial charge is 0.254 e. The lowest BCUT2D eigenvalue weighted by atomic mass is 9.94. The molecule has 5 nitrogen and oxygen atoms in total. The number of nitrogens with zero attached hydrogens (tertiary/aromatic N) is 2. The van der Waals surface area contributed by atoms with Crippen LogP contribution in [0.4, 0.5) is 0 Å². The van der Waals surface area contributed by atoms with E-state index >= 15 is 0 Å². The number of carbonyl (C=O) groups is 3. The summed E-state index contributed by atoms with van der Waals surface area (Å²) >= 11 is 0. The Kier molecular flexibility index (Phi) is 7.10. The van der Waals surface area contributed by atoms with Gasteiger partial charge in [0.15, 0.2) is 5.78 Å². The van der Waals surface area contributed by atoms with Crippen molar-refractivity contribution in [2.75, 3.05) is 26.7 Å². The van der Waals surface area contributed by atoms with Crippen LogP contribution in [0, 0.1) is 13.8 Å². The molecule has 2 aromatic rings. The van der Waals surface area contributed by atoms with Gasteiger partial charge in [0.25, 0.3) is 5.91 Å². The first-order valence-electron chi connectivity index (χ1n) is 9.54. The van der Waals surface area contributed by atoms with Crippen LogP contribution in [0.3, 0.4) is 0 Å². The van der Waals surface area contributed by atoms with Crippen LogP contribution in [0.5, 0.6) is 0 Å². The molecule has 2 amide bonds. The van der Waals surface area contributed by atoms with Gasteiger partial charge in [0.1, 0.15) is 0 Å². The third-order valence-electron chi connectivity index (χ3n) is 4.88. The Bertz CT molecular complexity index is 885. The highest BCUT2D eigenvalue weighted by atomic mass is 16.2. The molecule has 0 aliphatic carbocycles. The van der Waals surface area contributed by atoms with Crippen LogP contribution in [0.15, 0.2) is 42.5 Å². The topological polar surface area (TPSA) is 57.7 Å². The van der Waals surface area contributed by atoms with Crippen LogP contribution in [0.1, 0.15) is 51.3 Å². The van der Waals surface area contributed by atoms with Gasteiger partial charge in [-0.05, 0) is 45.4 Å². The highest BCUT2D eigenvalue weighted by Gasteiger charge is 2.23. The molecule has 0 aromatic heterocycles. The van der Waals surface area contributed by atoms with Crippen molar-refractivity contribution in [3.63, 3.8) is 0 Å². The van der Waals surface area contributed by atoms with Gasteiger partial charge in [-0.2, -0.15) is 0 Å². The van der Waals surface area contributed by atoms with Gasteiger partial charge in [-0.3, -0.25) is 14.4 Å². The number of hydrogen-bond donors (Lipinski definition) is 0. The molecule has 0 N–H and O–H groups in total. The van der Waals surface area contributed by atoms with E-state index in [-0.39, 0.29) is 24.1 Å². The van der Waals surface area contributed by atoms with E-state index in [1.54, 1.807) is 36.2 Å². The summed E-state index contributed by atoms with van der Waals surface area (Å²) in [5, 5.41) is 0. The van der Waals surface area contributed by atoms with E-state index in [4.69, 9.17) is 0 Å². The summed E-state index contributed by atoms with van der Waals surface area (Å²) in [7, 11) is 1.59. The Morgan fingerprint density at radius 2 is 1.46 bits per heavy atom. The van der Waals surface area contributed by atoms with Crippen molar-refractivity contribution < 1.29 is 14.4 Å². The maximum Gasteiger partial charge on any atom is 0.254 e. The fraction of sp³-hybridized carbons (Fsp3) is 0.348. The number of ketones is 1. The SMILES string of the molecule is CCN(CC)C(=O)CN(C)C(=O)c1ccccc1C(=O)c1cc(C)ccc1C. The molecule has 5 heteroatoms.